The van der Waals surface area contributed by atoms with E-state index in [-0.39, 0.29) is 11.9 Å². The minimum absolute atomic E-state index is 0.0186. The van der Waals surface area contributed by atoms with Crippen molar-refractivity contribution in [3.63, 3.8) is 0 Å². The Morgan fingerprint density at radius 2 is 1.88 bits per heavy atom. The second kappa shape index (κ2) is 8.72. The fourth-order valence-electron chi connectivity index (χ4n) is 2.28. The Balaban J connectivity index is 1.77. The largest absolute Gasteiger partial charge is 0.465 e. The van der Waals surface area contributed by atoms with Crippen LogP contribution < -0.4 is 10.6 Å². The van der Waals surface area contributed by atoms with Crippen LogP contribution in [0.1, 0.15) is 27.9 Å². The van der Waals surface area contributed by atoms with Crippen molar-refractivity contribution in [2.75, 3.05) is 19.0 Å². The van der Waals surface area contributed by atoms with Crippen LogP contribution in [0.25, 0.3) is 0 Å². The van der Waals surface area contributed by atoms with Crippen molar-refractivity contribution in [1.29, 1.82) is 0 Å². The molecule has 0 unspecified atom stereocenters. The van der Waals surface area contributed by atoms with Crippen LogP contribution in [0.15, 0.2) is 48.5 Å². The Kier molecular flexibility index (Phi) is 6.37. The highest BCUT2D eigenvalue weighted by atomic mass is 16.5. The number of methoxy groups -OCH3 is 1. The van der Waals surface area contributed by atoms with Gasteiger partial charge in [0.05, 0.1) is 12.7 Å². The van der Waals surface area contributed by atoms with E-state index in [4.69, 9.17) is 0 Å². The number of hydrogen-bond acceptors (Lipinski definition) is 4. The van der Waals surface area contributed by atoms with E-state index in [1.54, 1.807) is 18.2 Å². The summed E-state index contributed by atoms with van der Waals surface area (Å²) < 4.78 is 4.69. The molecule has 0 fully saturated rings. The summed E-state index contributed by atoms with van der Waals surface area (Å²) in [6.07, 6.45) is 0.355. The van der Waals surface area contributed by atoms with Gasteiger partial charge in [-0.25, -0.2) is 4.79 Å². The maximum Gasteiger partial charge on any atom is 0.337 e. The van der Waals surface area contributed by atoms with Gasteiger partial charge in [-0.15, -0.1) is 0 Å². The van der Waals surface area contributed by atoms with E-state index in [0.717, 1.165) is 16.8 Å². The first-order valence-corrected chi connectivity index (χ1v) is 7.83. The number of carbonyl (C=O) groups is 2. The Labute approximate surface area is 142 Å². The summed E-state index contributed by atoms with van der Waals surface area (Å²) in [7, 11) is 1.35. The molecular formula is C19H22N2O3. The molecule has 0 spiro atoms. The number of benzene rings is 2. The van der Waals surface area contributed by atoms with Gasteiger partial charge in [0.1, 0.15) is 0 Å². The molecule has 0 aliphatic rings. The Morgan fingerprint density at radius 3 is 2.62 bits per heavy atom. The summed E-state index contributed by atoms with van der Waals surface area (Å²) in [5.74, 6) is -0.399. The third-order valence-corrected chi connectivity index (χ3v) is 3.70. The Morgan fingerprint density at radius 1 is 1.08 bits per heavy atom. The van der Waals surface area contributed by atoms with E-state index in [9.17, 15) is 9.59 Å². The quantitative estimate of drug-likeness (QED) is 0.768. The molecule has 0 heterocycles. The number of carbonyl (C=O) groups excluding carboxylic acids is 2. The summed E-state index contributed by atoms with van der Waals surface area (Å²) >= 11 is 0. The zero-order chi connectivity index (χ0) is 17.4. The van der Waals surface area contributed by atoms with Gasteiger partial charge in [-0.2, -0.15) is 0 Å². The molecule has 24 heavy (non-hydrogen) atoms. The highest BCUT2D eigenvalue weighted by Crippen LogP contribution is 2.11. The lowest BCUT2D eigenvalue weighted by atomic mass is 10.1. The van der Waals surface area contributed by atoms with Crippen molar-refractivity contribution < 1.29 is 14.3 Å². The summed E-state index contributed by atoms with van der Waals surface area (Å²) in [4.78, 5) is 23.4. The number of hydrogen-bond donors (Lipinski definition) is 2. The van der Waals surface area contributed by atoms with E-state index in [1.165, 1.54) is 7.11 Å². The van der Waals surface area contributed by atoms with E-state index < -0.39 is 0 Å². The van der Waals surface area contributed by atoms with Crippen molar-refractivity contribution in [2.45, 2.75) is 19.9 Å². The number of anilines is 1. The van der Waals surface area contributed by atoms with Crippen LogP contribution in [0.2, 0.25) is 0 Å². The first-order chi connectivity index (χ1) is 11.6. The summed E-state index contributed by atoms with van der Waals surface area (Å²) in [5.41, 5.74) is 3.54. The number of amides is 1. The van der Waals surface area contributed by atoms with E-state index in [0.29, 0.717) is 25.1 Å². The molecule has 5 nitrogen and oxygen atoms in total. The Hall–Kier alpha value is -2.82. The number of rotatable bonds is 7. The molecule has 0 saturated carbocycles. The van der Waals surface area contributed by atoms with Crippen molar-refractivity contribution in [3.8, 4) is 0 Å². The number of aryl methyl sites for hydroxylation is 1. The van der Waals surface area contributed by atoms with Crippen LogP contribution in [0.3, 0.4) is 0 Å². The number of ether oxygens (including phenoxy) is 1. The third-order valence-electron chi connectivity index (χ3n) is 3.70. The van der Waals surface area contributed by atoms with E-state index in [2.05, 4.69) is 15.4 Å². The average molecular weight is 326 g/mol. The van der Waals surface area contributed by atoms with Gasteiger partial charge in [0.25, 0.3) is 0 Å². The van der Waals surface area contributed by atoms with Crippen LogP contribution in [0, 0.1) is 6.92 Å². The molecular weight excluding hydrogens is 304 g/mol. The average Bonchev–Trinajstić information content (AvgIpc) is 2.60. The summed E-state index contributed by atoms with van der Waals surface area (Å²) in [5, 5.41) is 6.05. The van der Waals surface area contributed by atoms with Crippen LogP contribution in [-0.4, -0.2) is 25.5 Å². The predicted octanol–water partition coefficient (Wildman–Crippen LogP) is 2.90. The van der Waals surface area contributed by atoms with E-state index >= 15 is 0 Å². The van der Waals surface area contributed by atoms with Crippen LogP contribution >= 0.6 is 0 Å². The van der Waals surface area contributed by atoms with Crippen molar-refractivity contribution >= 4 is 17.6 Å². The fourth-order valence-corrected chi connectivity index (χ4v) is 2.28. The standard InChI is InChI=1S/C19H22N2O3/c1-14-6-3-4-7-16(14)13-21-18(22)10-11-20-17-9-5-8-15(12-17)19(23)24-2/h3-9,12,20H,10-11,13H2,1-2H3,(H,21,22). The molecule has 2 rings (SSSR count). The summed E-state index contributed by atoms with van der Waals surface area (Å²) in [6, 6.07) is 15.0. The lowest BCUT2D eigenvalue weighted by Gasteiger charge is -2.09. The third kappa shape index (κ3) is 5.12. The van der Waals surface area contributed by atoms with Gasteiger partial charge < -0.3 is 15.4 Å². The van der Waals surface area contributed by atoms with Crippen LogP contribution in [-0.2, 0) is 16.1 Å². The van der Waals surface area contributed by atoms with Gasteiger partial charge in [-0.3, -0.25) is 4.79 Å². The van der Waals surface area contributed by atoms with Gasteiger partial charge in [0, 0.05) is 25.2 Å². The fraction of sp³-hybridized carbons (Fsp3) is 0.263. The predicted molar refractivity (Wildman–Crippen MR) is 93.9 cm³/mol. The molecule has 0 aliphatic carbocycles. The monoisotopic (exact) mass is 326 g/mol. The maximum absolute atomic E-state index is 11.9. The van der Waals surface area contributed by atoms with Crippen molar-refractivity contribution in [3.05, 3.63) is 65.2 Å². The Bertz CT molecular complexity index is 713. The number of esters is 1. The zero-order valence-electron chi connectivity index (χ0n) is 14.0. The molecule has 2 aromatic carbocycles. The topological polar surface area (TPSA) is 67.4 Å². The lowest BCUT2D eigenvalue weighted by molar-refractivity contribution is -0.121. The highest BCUT2D eigenvalue weighted by Gasteiger charge is 2.06. The van der Waals surface area contributed by atoms with Gasteiger partial charge in [-0.05, 0) is 36.2 Å². The second-order valence-electron chi connectivity index (χ2n) is 5.45. The lowest BCUT2D eigenvalue weighted by Crippen LogP contribution is -2.25. The minimum Gasteiger partial charge on any atom is -0.465 e. The molecule has 0 radical (unpaired) electrons. The van der Waals surface area contributed by atoms with Crippen molar-refractivity contribution in [2.24, 2.45) is 0 Å². The molecule has 1 amide bonds. The molecule has 0 aromatic heterocycles. The molecule has 0 aliphatic heterocycles. The smallest absolute Gasteiger partial charge is 0.337 e. The van der Waals surface area contributed by atoms with Gasteiger partial charge in [-0.1, -0.05) is 30.3 Å². The summed E-state index contributed by atoms with van der Waals surface area (Å²) in [6.45, 7) is 3.05. The van der Waals surface area contributed by atoms with Gasteiger partial charge >= 0.3 is 5.97 Å². The molecule has 5 heteroatoms. The first kappa shape index (κ1) is 17.5. The van der Waals surface area contributed by atoms with Crippen LogP contribution in [0.5, 0.6) is 0 Å². The number of nitrogens with one attached hydrogen (secondary N) is 2. The molecule has 0 bridgehead atoms. The SMILES string of the molecule is COC(=O)c1cccc(NCCC(=O)NCc2ccccc2C)c1. The van der Waals surface area contributed by atoms with Crippen LogP contribution in [0.4, 0.5) is 5.69 Å². The second-order valence-corrected chi connectivity index (χ2v) is 5.45. The normalized spacial score (nSPS) is 10.1. The van der Waals surface area contributed by atoms with Crippen molar-refractivity contribution in [1.82, 2.24) is 5.32 Å². The van der Waals surface area contributed by atoms with Gasteiger partial charge in [0.2, 0.25) is 5.91 Å². The first-order valence-electron chi connectivity index (χ1n) is 7.83. The molecule has 2 N–H and O–H groups in total. The molecule has 0 saturated heterocycles. The maximum atomic E-state index is 11.9. The zero-order valence-corrected chi connectivity index (χ0v) is 14.0. The van der Waals surface area contributed by atoms with E-state index in [1.807, 2.05) is 37.3 Å². The minimum atomic E-state index is -0.380. The highest BCUT2D eigenvalue weighted by molar-refractivity contribution is 5.90. The molecule has 0 atom stereocenters. The molecule has 126 valence electrons. The van der Waals surface area contributed by atoms with Gasteiger partial charge in [0.15, 0.2) is 0 Å². The molecule has 2 aromatic rings.